The summed E-state index contributed by atoms with van der Waals surface area (Å²) in [4.78, 5) is 12.8. The molecule has 21 heavy (non-hydrogen) atoms. The summed E-state index contributed by atoms with van der Waals surface area (Å²) >= 11 is 0. The molecule has 0 aliphatic heterocycles. The van der Waals surface area contributed by atoms with Gasteiger partial charge in [-0.05, 0) is 48.1 Å². The van der Waals surface area contributed by atoms with Gasteiger partial charge < -0.3 is 0 Å². The van der Waals surface area contributed by atoms with E-state index in [1.165, 1.54) is 17.5 Å². The van der Waals surface area contributed by atoms with Gasteiger partial charge in [0, 0.05) is 16.7 Å². The minimum Gasteiger partial charge on any atom is -0.299 e. The fourth-order valence-corrected chi connectivity index (χ4v) is 6.61. The van der Waals surface area contributed by atoms with Gasteiger partial charge >= 0.3 is 0 Å². The van der Waals surface area contributed by atoms with E-state index in [-0.39, 0.29) is 11.3 Å². The average molecular weight is 282 g/mol. The Morgan fingerprint density at radius 2 is 1.90 bits per heavy atom. The van der Waals surface area contributed by atoms with E-state index in [0.29, 0.717) is 16.6 Å². The quantitative estimate of drug-likeness (QED) is 0.801. The van der Waals surface area contributed by atoms with Gasteiger partial charge in [-0.2, -0.15) is 0 Å². The Hall–Kier alpha value is -1.11. The first-order valence-corrected chi connectivity index (χ1v) is 8.51. The van der Waals surface area contributed by atoms with Crippen molar-refractivity contribution in [3.63, 3.8) is 0 Å². The molecule has 1 aromatic rings. The molecule has 0 radical (unpaired) electrons. The fraction of sp³-hybridized carbons (Fsp3) is 0.650. The maximum absolute atomic E-state index is 12.8. The molecule has 4 unspecified atom stereocenters. The summed E-state index contributed by atoms with van der Waals surface area (Å²) < 4.78 is 0. The third-order valence-corrected chi connectivity index (χ3v) is 7.50. The summed E-state index contributed by atoms with van der Waals surface area (Å²) in [6.07, 6.45) is 4.43. The molecule has 1 nitrogen and oxygen atoms in total. The molecular weight excluding hydrogens is 256 g/mol. The van der Waals surface area contributed by atoms with E-state index < -0.39 is 0 Å². The molecule has 1 spiro atoms. The Morgan fingerprint density at radius 1 is 1.19 bits per heavy atom. The van der Waals surface area contributed by atoms with E-state index in [2.05, 4.69) is 52.0 Å². The molecule has 4 rings (SSSR count). The van der Waals surface area contributed by atoms with Crippen LogP contribution in [0.15, 0.2) is 24.3 Å². The van der Waals surface area contributed by atoms with Crippen LogP contribution in [0.4, 0.5) is 0 Å². The van der Waals surface area contributed by atoms with Gasteiger partial charge in [-0.15, -0.1) is 0 Å². The van der Waals surface area contributed by atoms with Crippen LogP contribution < -0.4 is 0 Å². The van der Waals surface area contributed by atoms with Crippen LogP contribution >= 0.6 is 0 Å². The van der Waals surface area contributed by atoms with Gasteiger partial charge in [-0.1, -0.05) is 52.0 Å². The third kappa shape index (κ3) is 1.28. The summed E-state index contributed by atoms with van der Waals surface area (Å²) in [6, 6.07) is 8.85. The van der Waals surface area contributed by atoms with E-state index in [1.807, 2.05) is 0 Å². The number of Topliss-reactive ketones (excluding diaryl/α,β-unsaturated/α-hetero) is 1. The molecule has 0 heterocycles. The van der Waals surface area contributed by atoms with Gasteiger partial charge in [0.05, 0.1) is 0 Å². The van der Waals surface area contributed by atoms with Crippen molar-refractivity contribution in [2.75, 3.05) is 0 Å². The molecule has 3 fully saturated rings. The molecule has 0 saturated heterocycles. The van der Waals surface area contributed by atoms with Crippen LogP contribution in [0.2, 0.25) is 0 Å². The zero-order valence-electron chi connectivity index (χ0n) is 13.7. The van der Waals surface area contributed by atoms with Crippen molar-refractivity contribution in [1.29, 1.82) is 0 Å². The molecule has 3 saturated carbocycles. The lowest BCUT2D eigenvalue weighted by Crippen LogP contribution is -2.59. The highest BCUT2D eigenvalue weighted by atomic mass is 16.1. The van der Waals surface area contributed by atoms with Crippen molar-refractivity contribution >= 4 is 5.78 Å². The van der Waals surface area contributed by atoms with E-state index in [0.717, 1.165) is 25.2 Å². The smallest absolute Gasteiger partial charge is 0.143 e. The molecule has 0 bridgehead atoms. The highest BCUT2D eigenvalue weighted by Gasteiger charge is 2.90. The SMILES string of the molecule is CCc1cccc(CC2C(=O)C3(C)CCC4C(C)(C)C243)c1. The summed E-state index contributed by atoms with van der Waals surface area (Å²) in [6.45, 7) is 9.25. The van der Waals surface area contributed by atoms with Crippen LogP contribution in [-0.4, -0.2) is 5.78 Å². The Labute approximate surface area is 128 Å². The van der Waals surface area contributed by atoms with Crippen molar-refractivity contribution in [2.45, 2.75) is 53.4 Å². The zero-order chi connectivity index (χ0) is 15.0. The summed E-state index contributed by atoms with van der Waals surface area (Å²) in [7, 11) is 0. The lowest BCUT2D eigenvalue weighted by molar-refractivity contribution is -0.162. The number of hydrogen-bond acceptors (Lipinski definition) is 1. The number of carbonyl (C=O) groups is 1. The number of carbonyl (C=O) groups excluding carboxylic acids is 1. The molecule has 4 atom stereocenters. The first kappa shape index (κ1) is 13.5. The highest BCUT2D eigenvalue weighted by molar-refractivity contribution is 5.98. The monoisotopic (exact) mass is 282 g/mol. The molecule has 3 aliphatic rings. The number of ketones is 1. The van der Waals surface area contributed by atoms with Crippen molar-refractivity contribution in [3.05, 3.63) is 35.4 Å². The lowest BCUT2D eigenvalue weighted by Gasteiger charge is -2.53. The van der Waals surface area contributed by atoms with Crippen molar-refractivity contribution in [1.82, 2.24) is 0 Å². The molecular formula is C20H26O. The van der Waals surface area contributed by atoms with Crippen LogP contribution in [-0.2, 0) is 17.6 Å². The number of benzene rings is 1. The Balaban J connectivity index is 1.66. The normalized spacial score (nSPS) is 42.2. The summed E-state index contributed by atoms with van der Waals surface area (Å²) in [5, 5.41) is 0. The standard InChI is InChI=1S/C20H26O/c1-5-13-7-6-8-14(11-13)12-15-17(21)19(4)10-9-16-18(2,3)20(15,16)19/h6-8,11,15-16H,5,9-10,12H2,1-4H3. The maximum atomic E-state index is 12.8. The minimum atomic E-state index is -0.00575. The van der Waals surface area contributed by atoms with Gasteiger partial charge in [0.1, 0.15) is 5.78 Å². The van der Waals surface area contributed by atoms with Crippen molar-refractivity contribution < 1.29 is 4.79 Å². The molecule has 0 amide bonds. The largest absolute Gasteiger partial charge is 0.299 e. The highest BCUT2D eigenvalue weighted by Crippen LogP contribution is 2.91. The Morgan fingerprint density at radius 3 is 2.57 bits per heavy atom. The number of hydrogen-bond donors (Lipinski definition) is 0. The maximum Gasteiger partial charge on any atom is 0.143 e. The minimum absolute atomic E-state index is 0.00575. The van der Waals surface area contributed by atoms with Gasteiger partial charge in [-0.25, -0.2) is 0 Å². The van der Waals surface area contributed by atoms with E-state index in [1.54, 1.807) is 0 Å². The van der Waals surface area contributed by atoms with E-state index in [9.17, 15) is 4.79 Å². The molecule has 1 aromatic carbocycles. The predicted octanol–water partition coefficient (Wildman–Crippen LogP) is 4.43. The molecule has 3 aliphatic carbocycles. The summed E-state index contributed by atoms with van der Waals surface area (Å²) in [5.74, 6) is 1.61. The van der Waals surface area contributed by atoms with Gasteiger partial charge in [-0.3, -0.25) is 4.79 Å². The van der Waals surface area contributed by atoms with Crippen LogP contribution in [0.25, 0.3) is 0 Å². The van der Waals surface area contributed by atoms with E-state index >= 15 is 0 Å². The molecule has 1 heteroatoms. The second-order valence-electron chi connectivity index (χ2n) is 8.31. The summed E-state index contributed by atoms with van der Waals surface area (Å²) in [5.41, 5.74) is 3.43. The van der Waals surface area contributed by atoms with Gasteiger partial charge in [0.25, 0.3) is 0 Å². The molecule has 112 valence electrons. The number of rotatable bonds is 3. The van der Waals surface area contributed by atoms with Crippen LogP contribution in [0.3, 0.4) is 0 Å². The van der Waals surface area contributed by atoms with Crippen LogP contribution in [0.5, 0.6) is 0 Å². The Bertz CT molecular complexity index is 628. The van der Waals surface area contributed by atoms with Gasteiger partial charge in [0.15, 0.2) is 0 Å². The molecule has 0 N–H and O–H groups in total. The topological polar surface area (TPSA) is 17.1 Å². The van der Waals surface area contributed by atoms with Crippen molar-refractivity contribution in [3.8, 4) is 0 Å². The first-order chi connectivity index (χ1) is 9.89. The van der Waals surface area contributed by atoms with Gasteiger partial charge in [0.2, 0.25) is 0 Å². The Kier molecular flexibility index (Phi) is 2.45. The fourth-order valence-electron chi connectivity index (χ4n) is 6.61. The lowest BCUT2D eigenvalue weighted by atomic mass is 9.47. The van der Waals surface area contributed by atoms with Crippen LogP contribution in [0.1, 0.15) is 51.7 Å². The zero-order valence-corrected chi connectivity index (χ0v) is 13.7. The number of aryl methyl sites for hydroxylation is 1. The second-order valence-corrected chi connectivity index (χ2v) is 8.31. The molecule has 0 aromatic heterocycles. The van der Waals surface area contributed by atoms with Crippen molar-refractivity contribution in [2.24, 2.45) is 28.1 Å². The third-order valence-electron chi connectivity index (χ3n) is 7.50. The first-order valence-electron chi connectivity index (χ1n) is 8.51. The van der Waals surface area contributed by atoms with E-state index in [4.69, 9.17) is 0 Å². The predicted molar refractivity (Wildman–Crippen MR) is 85.1 cm³/mol. The second kappa shape index (κ2) is 3.80. The van der Waals surface area contributed by atoms with Crippen LogP contribution in [0, 0.1) is 28.1 Å². The average Bonchev–Trinajstić information content (AvgIpc) is 2.85.